The second kappa shape index (κ2) is 9.25. The fourth-order valence-corrected chi connectivity index (χ4v) is 4.81. The van der Waals surface area contributed by atoms with Gasteiger partial charge in [0, 0.05) is 35.3 Å². The van der Waals surface area contributed by atoms with Crippen LogP contribution >= 0.6 is 23.8 Å². The van der Waals surface area contributed by atoms with Crippen molar-refractivity contribution in [3.63, 3.8) is 0 Å². The maximum absolute atomic E-state index is 6.31. The minimum Gasteiger partial charge on any atom is -0.497 e. The number of pyridine rings is 1. The predicted octanol–water partition coefficient (Wildman–Crippen LogP) is 5.71. The molecule has 33 heavy (non-hydrogen) atoms. The Morgan fingerprint density at radius 2 is 1.88 bits per heavy atom. The van der Waals surface area contributed by atoms with Crippen molar-refractivity contribution >= 4 is 28.9 Å². The summed E-state index contributed by atoms with van der Waals surface area (Å²) in [5.74, 6) is 0.832. The van der Waals surface area contributed by atoms with Gasteiger partial charge in [0.05, 0.1) is 24.9 Å². The average molecular weight is 475 g/mol. The smallest absolute Gasteiger partial charge is 0.170 e. The SMILES string of the molecule is COc1ccc(CN2C(=S)N[C@@H](c3ccccn3)[C@H]2c2cccn2-c2cccc(Cl)c2)cc1. The molecule has 1 saturated heterocycles. The molecule has 1 N–H and O–H groups in total. The molecule has 2 aromatic heterocycles. The molecular formula is C26H23ClN4OS. The minimum atomic E-state index is -0.0928. The number of methoxy groups -OCH3 is 1. The van der Waals surface area contributed by atoms with Crippen LogP contribution in [0.4, 0.5) is 0 Å². The van der Waals surface area contributed by atoms with Crippen LogP contribution in [-0.2, 0) is 6.54 Å². The van der Waals surface area contributed by atoms with Crippen molar-refractivity contribution in [2.24, 2.45) is 0 Å². The molecule has 0 amide bonds. The number of benzene rings is 2. The van der Waals surface area contributed by atoms with E-state index in [4.69, 9.17) is 28.6 Å². The summed E-state index contributed by atoms with van der Waals surface area (Å²) >= 11 is 12.1. The summed E-state index contributed by atoms with van der Waals surface area (Å²) in [6, 6.07) is 26.0. The number of hydrogen-bond acceptors (Lipinski definition) is 3. The van der Waals surface area contributed by atoms with Crippen LogP contribution in [-0.4, -0.2) is 26.7 Å². The maximum Gasteiger partial charge on any atom is 0.170 e. The monoisotopic (exact) mass is 474 g/mol. The molecule has 0 spiro atoms. The van der Waals surface area contributed by atoms with E-state index in [1.165, 1.54) is 0 Å². The molecule has 0 radical (unpaired) electrons. The third-order valence-electron chi connectivity index (χ3n) is 5.88. The fraction of sp³-hybridized carbons (Fsp3) is 0.154. The van der Waals surface area contributed by atoms with Gasteiger partial charge in [0.1, 0.15) is 5.75 Å². The summed E-state index contributed by atoms with van der Waals surface area (Å²) in [5, 5.41) is 4.92. The molecule has 5 rings (SSSR count). The highest BCUT2D eigenvalue weighted by atomic mass is 35.5. The van der Waals surface area contributed by atoms with Crippen LogP contribution in [0, 0.1) is 0 Å². The Hall–Kier alpha value is -3.35. The number of nitrogens with one attached hydrogen (secondary N) is 1. The van der Waals surface area contributed by atoms with Gasteiger partial charge in [-0.25, -0.2) is 0 Å². The van der Waals surface area contributed by atoms with Gasteiger partial charge < -0.3 is 19.5 Å². The highest BCUT2D eigenvalue weighted by Crippen LogP contribution is 2.40. The molecule has 1 aliphatic heterocycles. The fourth-order valence-electron chi connectivity index (χ4n) is 4.32. The molecule has 0 unspecified atom stereocenters. The van der Waals surface area contributed by atoms with Gasteiger partial charge >= 0.3 is 0 Å². The first kappa shape index (κ1) is 21.5. The summed E-state index contributed by atoms with van der Waals surface area (Å²) in [5.41, 5.74) is 4.20. The lowest BCUT2D eigenvalue weighted by molar-refractivity contribution is 0.302. The van der Waals surface area contributed by atoms with Gasteiger partial charge in [0.25, 0.3) is 0 Å². The Labute approximate surface area is 203 Å². The topological polar surface area (TPSA) is 42.3 Å². The van der Waals surface area contributed by atoms with E-state index < -0.39 is 0 Å². The van der Waals surface area contributed by atoms with Crippen LogP contribution < -0.4 is 10.1 Å². The number of rotatable bonds is 6. The normalized spacial score (nSPS) is 17.8. The van der Waals surface area contributed by atoms with Crippen LogP contribution in [0.2, 0.25) is 5.02 Å². The third kappa shape index (κ3) is 4.32. The number of hydrogen-bond donors (Lipinski definition) is 1. The van der Waals surface area contributed by atoms with E-state index in [2.05, 4.69) is 56.3 Å². The molecule has 166 valence electrons. The molecule has 5 nitrogen and oxygen atoms in total. The molecule has 0 bridgehead atoms. The Bertz CT molecular complexity index is 1260. The van der Waals surface area contributed by atoms with Gasteiger partial charge in [-0.1, -0.05) is 35.9 Å². The Morgan fingerprint density at radius 1 is 1.03 bits per heavy atom. The molecular weight excluding hydrogens is 452 g/mol. The largest absolute Gasteiger partial charge is 0.497 e. The number of halogens is 1. The van der Waals surface area contributed by atoms with Gasteiger partial charge in [-0.3, -0.25) is 4.98 Å². The highest BCUT2D eigenvalue weighted by molar-refractivity contribution is 7.80. The second-order valence-electron chi connectivity index (χ2n) is 7.89. The lowest BCUT2D eigenvalue weighted by Gasteiger charge is -2.29. The Balaban J connectivity index is 1.58. The van der Waals surface area contributed by atoms with E-state index in [1.54, 1.807) is 7.11 Å². The van der Waals surface area contributed by atoms with Gasteiger partial charge in [0.2, 0.25) is 0 Å². The van der Waals surface area contributed by atoms with Crippen LogP contribution in [0.3, 0.4) is 0 Å². The van der Waals surface area contributed by atoms with E-state index in [0.717, 1.165) is 28.4 Å². The molecule has 7 heteroatoms. The standard InChI is InChI=1S/C26H23ClN4OS/c1-32-21-12-10-18(11-13-21)17-31-25(24(29-26(31)33)22-8-2-3-14-28-22)23-9-5-15-30(23)20-7-4-6-19(27)16-20/h2-16,24-25H,17H2,1H3,(H,29,33)/t24-,25+/m0/s1. The first-order valence-corrected chi connectivity index (χ1v) is 11.5. The third-order valence-corrected chi connectivity index (χ3v) is 6.47. The Kier molecular flexibility index (Phi) is 6.03. The summed E-state index contributed by atoms with van der Waals surface area (Å²) < 4.78 is 7.49. The lowest BCUT2D eigenvalue weighted by atomic mass is 10.0. The van der Waals surface area contributed by atoms with E-state index in [9.17, 15) is 0 Å². The van der Waals surface area contributed by atoms with Gasteiger partial charge in [-0.2, -0.15) is 0 Å². The van der Waals surface area contributed by atoms with Crippen LogP contribution in [0.5, 0.6) is 5.75 Å². The van der Waals surface area contributed by atoms with Gasteiger partial charge in [-0.05, 0) is 72.4 Å². The molecule has 0 aliphatic carbocycles. The van der Waals surface area contributed by atoms with E-state index in [0.29, 0.717) is 16.7 Å². The first-order chi connectivity index (χ1) is 16.1. The summed E-state index contributed by atoms with van der Waals surface area (Å²) in [6.07, 6.45) is 3.88. The quantitative estimate of drug-likeness (QED) is 0.363. The molecule has 2 atom stereocenters. The second-order valence-corrected chi connectivity index (χ2v) is 8.71. The highest BCUT2D eigenvalue weighted by Gasteiger charge is 2.41. The van der Waals surface area contributed by atoms with Gasteiger partial charge in [0.15, 0.2) is 5.11 Å². The number of nitrogens with zero attached hydrogens (tertiary/aromatic N) is 3. The van der Waals surface area contributed by atoms with Crippen molar-refractivity contribution in [3.8, 4) is 11.4 Å². The first-order valence-electron chi connectivity index (χ1n) is 10.7. The van der Waals surface area contributed by atoms with Crippen molar-refractivity contribution in [3.05, 3.63) is 113 Å². The van der Waals surface area contributed by atoms with E-state index in [-0.39, 0.29) is 12.1 Å². The van der Waals surface area contributed by atoms with E-state index >= 15 is 0 Å². The summed E-state index contributed by atoms with van der Waals surface area (Å²) in [4.78, 5) is 6.87. The van der Waals surface area contributed by atoms with Crippen molar-refractivity contribution < 1.29 is 4.74 Å². The number of aromatic nitrogens is 2. The molecule has 3 heterocycles. The average Bonchev–Trinajstić information content (AvgIpc) is 3.45. The Morgan fingerprint density at radius 3 is 2.61 bits per heavy atom. The minimum absolute atomic E-state index is 0.0662. The molecule has 0 saturated carbocycles. The van der Waals surface area contributed by atoms with E-state index in [1.807, 2.05) is 54.7 Å². The van der Waals surface area contributed by atoms with Crippen molar-refractivity contribution in [1.82, 2.24) is 19.8 Å². The number of thiocarbonyl (C=S) groups is 1. The molecule has 1 aliphatic rings. The van der Waals surface area contributed by atoms with Gasteiger partial charge in [-0.15, -0.1) is 0 Å². The summed E-state index contributed by atoms with van der Waals surface area (Å²) in [7, 11) is 1.67. The van der Waals surface area contributed by atoms with Crippen molar-refractivity contribution in [2.75, 3.05) is 7.11 Å². The zero-order valence-corrected chi connectivity index (χ0v) is 19.6. The van der Waals surface area contributed by atoms with Crippen LogP contribution in [0.25, 0.3) is 5.69 Å². The number of ether oxygens (including phenoxy) is 1. The zero-order valence-electron chi connectivity index (χ0n) is 18.1. The van der Waals surface area contributed by atoms with Crippen molar-refractivity contribution in [2.45, 2.75) is 18.6 Å². The van der Waals surface area contributed by atoms with Crippen molar-refractivity contribution in [1.29, 1.82) is 0 Å². The molecule has 1 fully saturated rings. The van der Waals surface area contributed by atoms with Crippen LogP contribution in [0.15, 0.2) is 91.3 Å². The predicted molar refractivity (Wildman–Crippen MR) is 135 cm³/mol. The van der Waals surface area contributed by atoms with Crippen LogP contribution in [0.1, 0.15) is 29.0 Å². The zero-order chi connectivity index (χ0) is 22.8. The maximum atomic E-state index is 6.31. The summed E-state index contributed by atoms with van der Waals surface area (Å²) in [6.45, 7) is 0.657. The molecule has 2 aromatic carbocycles. The molecule has 4 aromatic rings. The lowest BCUT2D eigenvalue weighted by Crippen LogP contribution is -2.30.